The van der Waals surface area contributed by atoms with Crippen LogP contribution in [0.3, 0.4) is 0 Å². The van der Waals surface area contributed by atoms with Crippen molar-refractivity contribution in [1.29, 1.82) is 0 Å². The summed E-state index contributed by atoms with van der Waals surface area (Å²) >= 11 is 1.64. The highest BCUT2D eigenvalue weighted by molar-refractivity contribution is 7.07. The average molecular weight is 347 g/mol. The predicted octanol–water partition coefficient (Wildman–Crippen LogP) is 4.85. The second-order valence-electron chi connectivity index (χ2n) is 6.95. The van der Waals surface area contributed by atoms with Crippen LogP contribution in [0.1, 0.15) is 39.0 Å². The first-order chi connectivity index (χ1) is 11.3. The van der Waals surface area contributed by atoms with Crippen molar-refractivity contribution in [2.75, 3.05) is 0 Å². The molecule has 1 aromatic heterocycles. The van der Waals surface area contributed by atoms with E-state index >= 15 is 0 Å². The molecule has 0 aliphatic rings. The fourth-order valence-electron chi connectivity index (χ4n) is 2.58. The first-order valence-corrected chi connectivity index (χ1v) is 9.13. The molecule has 0 spiro atoms. The molecule has 0 unspecified atom stereocenters. The van der Waals surface area contributed by atoms with Crippen molar-refractivity contribution < 1.29 is 4.92 Å². The van der Waals surface area contributed by atoms with Gasteiger partial charge in [0.2, 0.25) is 0 Å². The summed E-state index contributed by atoms with van der Waals surface area (Å²) in [7, 11) is 0. The van der Waals surface area contributed by atoms with Gasteiger partial charge in [0, 0.05) is 29.8 Å². The van der Waals surface area contributed by atoms with Crippen LogP contribution < -0.4 is 4.80 Å². The Labute approximate surface area is 146 Å². The molecule has 0 aliphatic carbocycles. The number of non-ortho nitro benzene ring substituents is 1. The summed E-state index contributed by atoms with van der Waals surface area (Å²) in [4.78, 5) is 16.2. The van der Waals surface area contributed by atoms with E-state index in [-0.39, 0.29) is 10.6 Å². The van der Waals surface area contributed by atoms with Gasteiger partial charge in [-0.25, -0.2) is 4.99 Å². The Morgan fingerprint density at radius 1 is 1.25 bits per heavy atom. The smallest absolute Gasteiger partial charge is 0.269 e. The Kier molecular flexibility index (Phi) is 5.94. The SMILES string of the molecule is Cc1cc([N+](=O)[O-])ccc1N=c1scc(CC(C)C)n1CC(C)C. The maximum atomic E-state index is 10.9. The molecule has 0 fully saturated rings. The number of aryl methyl sites for hydroxylation is 1. The number of nitrogens with zero attached hydrogens (tertiary/aromatic N) is 3. The van der Waals surface area contributed by atoms with Gasteiger partial charge in [-0.3, -0.25) is 10.1 Å². The van der Waals surface area contributed by atoms with E-state index in [9.17, 15) is 10.1 Å². The van der Waals surface area contributed by atoms with Crippen LogP contribution in [0.15, 0.2) is 28.6 Å². The van der Waals surface area contributed by atoms with Gasteiger partial charge in [0.1, 0.15) is 0 Å². The highest BCUT2D eigenvalue weighted by atomic mass is 32.1. The van der Waals surface area contributed by atoms with Crippen molar-refractivity contribution in [2.24, 2.45) is 16.8 Å². The molecule has 0 aliphatic heterocycles. The number of hydrogen-bond donors (Lipinski definition) is 0. The van der Waals surface area contributed by atoms with Crippen LogP contribution in [0.25, 0.3) is 0 Å². The molecule has 1 heterocycles. The van der Waals surface area contributed by atoms with Gasteiger partial charge in [-0.15, -0.1) is 11.3 Å². The molecule has 1 aromatic carbocycles. The van der Waals surface area contributed by atoms with E-state index in [1.807, 2.05) is 6.92 Å². The van der Waals surface area contributed by atoms with Crippen molar-refractivity contribution in [3.8, 4) is 0 Å². The van der Waals surface area contributed by atoms with Gasteiger partial charge >= 0.3 is 0 Å². The molecule has 0 N–H and O–H groups in total. The van der Waals surface area contributed by atoms with Crippen LogP contribution in [-0.2, 0) is 13.0 Å². The number of hydrogen-bond acceptors (Lipinski definition) is 4. The summed E-state index contributed by atoms with van der Waals surface area (Å²) in [6.07, 6.45) is 1.03. The van der Waals surface area contributed by atoms with E-state index in [2.05, 4.69) is 37.6 Å². The summed E-state index contributed by atoms with van der Waals surface area (Å²) in [6.45, 7) is 11.6. The van der Waals surface area contributed by atoms with E-state index in [0.717, 1.165) is 29.0 Å². The molecule has 0 saturated heterocycles. The van der Waals surface area contributed by atoms with Gasteiger partial charge in [0.15, 0.2) is 4.80 Å². The fourth-order valence-corrected chi connectivity index (χ4v) is 3.51. The van der Waals surface area contributed by atoms with Crippen molar-refractivity contribution in [1.82, 2.24) is 4.57 Å². The standard InChI is InChI=1S/C18H25N3O2S/c1-12(2)8-16-11-24-18(20(16)10-13(3)4)19-17-7-6-15(21(22)23)9-14(17)5/h6-7,9,11-13H,8,10H2,1-5H3. The Morgan fingerprint density at radius 3 is 2.50 bits per heavy atom. The van der Waals surface area contributed by atoms with E-state index in [1.165, 1.54) is 11.8 Å². The second kappa shape index (κ2) is 7.75. The molecule has 130 valence electrons. The minimum atomic E-state index is -0.373. The lowest BCUT2D eigenvalue weighted by Gasteiger charge is -2.13. The van der Waals surface area contributed by atoms with Crippen LogP contribution in [0.5, 0.6) is 0 Å². The first kappa shape index (κ1) is 18.4. The lowest BCUT2D eigenvalue weighted by Crippen LogP contribution is -2.21. The van der Waals surface area contributed by atoms with E-state index < -0.39 is 0 Å². The molecule has 0 bridgehead atoms. The highest BCUT2D eigenvalue weighted by Crippen LogP contribution is 2.23. The monoisotopic (exact) mass is 347 g/mol. The topological polar surface area (TPSA) is 60.4 Å². The zero-order valence-electron chi connectivity index (χ0n) is 14.9. The Morgan fingerprint density at radius 2 is 1.96 bits per heavy atom. The molecule has 24 heavy (non-hydrogen) atoms. The second-order valence-corrected chi connectivity index (χ2v) is 7.79. The summed E-state index contributed by atoms with van der Waals surface area (Å²) in [5.41, 5.74) is 3.02. The summed E-state index contributed by atoms with van der Waals surface area (Å²) in [6, 6.07) is 4.82. The van der Waals surface area contributed by atoms with Crippen LogP contribution in [-0.4, -0.2) is 9.49 Å². The van der Waals surface area contributed by atoms with E-state index in [1.54, 1.807) is 23.5 Å². The lowest BCUT2D eigenvalue weighted by molar-refractivity contribution is -0.384. The Balaban J connectivity index is 2.49. The number of aromatic nitrogens is 1. The third kappa shape index (κ3) is 4.54. The van der Waals surface area contributed by atoms with Crippen LogP contribution >= 0.6 is 11.3 Å². The van der Waals surface area contributed by atoms with Crippen LogP contribution in [0.2, 0.25) is 0 Å². The van der Waals surface area contributed by atoms with Crippen LogP contribution in [0.4, 0.5) is 11.4 Å². The quantitative estimate of drug-likeness (QED) is 0.554. The van der Waals surface area contributed by atoms with Gasteiger partial charge in [-0.2, -0.15) is 0 Å². The molecular formula is C18H25N3O2S. The third-order valence-corrected chi connectivity index (χ3v) is 4.56. The van der Waals surface area contributed by atoms with E-state index in [0.29, 0.717) is 11.8 Å². The van der Waals surface area contributed by atoms with Crippen LogP contribution in [0, 0.1) is 28.9 Å². The van der Waals surface area contributed by atoms with Crippen molar-refractivity contribution in [2.45, 2.75) is 47.6 Å². The number of nitro groups is 1. The Hall–Kier alpha value is -1.95. The highest BCUT2D eigenvalue weighted by Gasteiger charge is 2.11. The van der Waals surface area contributed by atoms with Gasteiger partial charge in [-0.1, -0.05) is 27.7 Å². The largest absolute Gasteiger partial charge is 0.321 e. The zero-order chi connectivity index (χ0) is 17.9. The summed E-state index contributed by atoms with van der Waals surface area (Å²) in [5, 5.41) is 13.1. The molecule has 0 radical (unpaired) electrons. The molecule has 5 nitrogen and oxygen atoms in total. The van der Waals surface area contributed by atoms with E-state index in [4.69, 9.17) is 4.99 Å². The fraction of sp³-hybridized carbons (Fsp3) is 0.500. The molecule has 0 saturated carbocycles. The number of nitro benzene ring substituents is 1. The van der Waals surface area contributed by atoms with Gasteiger partial charge in [0.05, 0.1) is 10.6 Å². The third-order valence-electron chi connectivity index (χ3n) is 3.65. The maximum Gasteiger partial charge on any atom is 0.269 e. The summed E-state index contributed by atoms with van der Waals surface area (Å²) in [5.74, 6) is 1.12. The minimum absolute atomic E-state index is 0.105. The number of benzene rings is 1. The zero-order valence-corrected chi connectivity index (χ0v) is 15.8. The molecular weight excluding hydrogens is 322 g/mol. The molecule has 0 amide bonds. The minimum Gasteiger partial charge on any atom is -0.321 e. The predicted molar refractivity (Wildman–Crippen MR) is 98.7 cm³/mol. The number of thiazole rings is 1. The molecule has 2 aromatic rings. The van der Waals surface area contributed by atoms with Gasteiger partial charge in [0.25, 0.3) is 5.69 Å². The van der Waals surface area contributed by atoms with Crippen molar-refractivity contribution in [3.63, 3.8) is 0 Å². The normalized spacial score (nSPS) is 12.4. The maximum absolute atomic E-state index is 10.9. The molecule has 6 heteroatoms. The number of rotatable bonds is 6. The van der Waals surface area contributed by atoms with Gasteiger partial charge < -0.3 is 4.57 Å². The molecule has 2 rings (SSSR count). The first-order valence-electron chi connectivity index (χ1n) is 8.25. The lowest BCUT2D eigenvalue weighted by atomic mass is 10.1. The van der Waals surface area contributed by atoms with Crippen molar-refractivity contribution in [3.05, 3.63) is 49.8 Å². The van der Waals surface area contributed by atoms with Crippen molar-refractivity contribution >= 4 is 22.7 Å². The Bertz CT molecular complexity index is 788. The average Bonchev–Trinajstić information content (AvgIpc) is 2.82. The molecule has 0 atom stereocenters. The van der Waals surface area contributed by atoms with Gasteiger partial charge in [-0.05, 0) is 36.8 Å². The summed E-state index contributed by atoms with van der Waals surface area (Å²) < 4.78 is 2.29.